The molecule has 0 saturated heterocycles. The van der Waals surface area contributed by atoms with Gasteiger partial charge in [0.1, 0.15) is 6.10 Å². The third kappa shape index (κ3) is 15.6. The number of aliphatic hydroxyl groups is 2. The van der Waals surface area contributed by atoms with Gasteiger partial charge in [0.2, 0.25) is 0 Å². The third-order valence-corrected chi connectivity index (χ3v) is 5.86. The molecule has 0 saturated carbocycles. The Hall–Kier alpha value is -2.20. The molecule has 1 unspecified atom stereocenters. The van der Waals surface area contributed by atoms with Gasteiger partial charge in [-0.05, 0) is 12.8 Å². The molecule has 216 valence electrons. The average molecular weight is 533 g/mol. The van der Waals surface area contributed by atoms with E-state index >= 15 is 0 Å². The predicted octanol–water partition coefficient (Wildman–Crippen LogP) is 4.12. The molecule has 0 radical (unpaired) electrons. The van der Waals surface area contributed by atoms with Gasteiger partial charge in [0, 0.05) is 20.8 Å². The molecule has 37 heavy (non-hydrogen) atoms. The molecule has 1 atom stereocenters. The molecular weight excluding hydrogens is 484 g/mol. The molecule has 0 fully saturated rings. The molecule has 0 aliphatic rings. The van der Waals surface area contributed by atoms with Crippen molar-refractivity contribution in [2.24, 2.45) is 0 Å². The maximum atomic E-state index is 13.0. The quantitative estimate of drug-likeness (QED) is 0.0903. The number of unbranched alkanes of at least 4 members (excludes halogenated alkanes) is 12. The van der Waals surface area contributed by atoms with Gasteiger partial charge in [-0.1, -0.05) is 84.0 Å². The molecular formula is C27H48O10. The summed E-state index contributed by atoms with van der Waals surface area (Å²) in [6.07, 6.45) is 11.8. The van der Waals surface area contributed by atoms with E-state index in [2.05, 4.69) is 6.92 Å². The van der Waals surface area contributed by atoms with E-state index in [-0.39, 0.29) is 6.42 Å². The van der Waals surface area contributed by atoms with Crippen LogP contribution in [0.3, 0.4) is 0 Å². The van der Waals surface area contributed by atoms with Gasteiger partial charge in [-0.25, -0.2) is 4.79 Å². The van der Waals surface area contributed by atoms with E-state index in [1.165, 1.54) is 51.4 Å². The lowest BCUT2D eigenvalue weighted by Crippen LogP contribution is -2.58. The summed E-state index contributed by atoms with van der Waals surface area (Å²) in [6.45, 7) is 3.87. The highest BCUT2D eigenvalue weighted by molar-refractivity contribution is 5.85. The van der Waals surface area contributed by atoms with Crippen molar-refractivity contribution >= 4 is 23.9 Å². The van der Waals surface area contributed by atoms with Crippen molar-refractivity contribution in [3.05, 3.63) is 0 Å². The normalized spacial score (nSPS) is 12.2. The summed E-state index contributed by atoms with van der Waals surface area (Å²) < 4.78 is 20.5. The van der Waals surface area contributed by atoms with Crippen LogP contribution < -0.4 is 0 Å². The standard InChI is InChI=1S/C27H48O10/c1-5-6-7-8-9-10-11-12-13-14-15-16-17-18-25(34-21(2)30)27(36-22(3)31,37-23(4)32)26(33)35-24(19-28)20-29/h24-25,28-29H,5-20H2,1-4H3. The van der Waals surface area contributed by atoms with Crippen LogP contribution in [-0.4, -0.2) is 65.3 Å². The van der Waals surface area contributed by atoms with Gasteiger partial charge in [-0.15, -0.1) is 0 Å². The van der Waals surface area contributed by atoms with E-state index in [0.717, 1.165) is 46.5 Å². The first-order valence-corrected chi connectivity index (χ1v) is 13.6. The van der Waals surface area contributed by atoms with Crippen LogP contribution in [-0.2, 0) is 38.1 Å². The summed E-state index contributed by atoms with van der Waals surface area (Å²) in [4.78, 5) is 48.6. The zero-order valence-corrected chi connectivity index (χ0v) is 23.1. The van der Waals surface area contributed by atoms with Gasteiger partial charge in [-0.2, -0.15) is 0 Å². The molecule has 0 bridgehead atoms. The minimum Gasteiger partial charge on any atom is -0.453 e. The molecule has 0 aromatic heterocycles. The second kappa shape index (κ2) is 20.8. The highest BCUT2D eigenvalue weighted by Crippen LogP contribution is 2.29. The maximum Gasteiger partial charge on any atom is 0.397 e. The predicted molar refractivity (Wildman–Crippen MR) is 136 cm³/mol. The fourth-order valence-electron chi connectivity index (χ4n) is 4.03. The maximum absolute atomic E-state index is 13.0. The van der Waals surface area contributed by atoms with Crippen molar-refractivity contribution < 1.29 is 48.3 Å². The van der Waals surface area contributed by atoms with Gasteiger partial charge < -0.3 is 29.2 Å². The van der Waals surface area contributed by atoms with Crippen molar-refractivity contribution in [2.45, 2.75) is 136 Å². The van der Waals surface area contributed by atoms with Crippen molar-refractivity contribution in [1.29, 1.82) is 0 Å². The molecule has 0 aliphatic heterocycles. The number of aliphatic hydroxyl groups excluding tert-OH is 2. The summed E-state index contributed by atoms with van der Waals surface area (Å²) in [7, 11) is 0. The number of hydrogen-bond donors (Lipinski definition) is 2. The van der Waals surface area contributed by atoms with Crippen LogP contribution in [0.25, 0.3) is 0 Å². The monoisotopic (exact) mass is 532 g/mol. The highest BCUT2D eigenvalue weighted by atomic mass is 16.8. The van der Waals surface area contributed by atoms with Crippen LogP contribution >= 0.6 is 0 Å². The lowest BCUT2D eigenvalue weighted by atomic mass is 10.00. The first-order valence-electron chi connectivity index (χ1n) is 13.6. The minimum atomic E-state index is -2.71. The number of ether oxygens (including phenoxy) is 4. The van der Waals surface area contributed by atoms with Crippen LogP contribution in [0.4, 0.5) is 0 Å². The molecule has 2 N–H and O–H groups in total. The number of rotatable bonds is 22. The smallest absolute Gasteiger partial charge is 0.397 e. The Labute approximate surface area is 221 Å². The Bertz CT molecular complexity index is 644. The number of carbonyl (C=O) groups excluding carboxylic acids is 4. The molecule has 0 aliphatic carbocycles. The Morgan fingerprint density at radius 2 is 1.03 bits per heavy atom. The molecule has 0 rings (SSSR count). The Morgan fingerprint density at radius 1 is 0.622 bits per heavy atom. The van der Waals surface area contributed by atoms with E-state index in [1.807, 2.05) is 0 Å². The van der Waals surface area contributed by atoms with Crippen LogP contribution in [0.5, 0.6) is 0 Å². The summed E-state index contributed by atoms with van der Waals surface area (Å²) in [6, 6.07) is 0. The number of carbonyl (C=O) groups is 4. The van der Waals surface area contributed by atoms with E-state index in [4.69, 9.17) is 18.9 Å². The minimum absolute atomic E-state index is 0.0515. The Balaban J connectivity index is 5.05. The number of esters is 4. The lowest BCUT2D eigenvalue weighted by Gasteiger charge is -2.36. The molecule has 0 aromatic rings. The van der Waals surface area contributed by atoms with Crippen LogP contribution in [0.1, 0.15) is 118 Å². The number of hydrogen-bond acceptors (Lipinski definition) is 10. The molecule has 0 aromatic carbocycles. The molecule has 0 spiro atoms. The molecule has 0 heterocycles. The van der Waals surface area contributed by atoms with Crippen LogP contribution in [0.15, 0.2) is 0 Å². The topological polar surface area (TPSA) is 146 Å². The zero-order valence-electron chi connectivity index (χ0n) is 23.1. The fraction of sp³-hybridized carbons (Fsp3) is 0.852. The van der Waals surface area contributed by atoms with Crippen LogP contribution in [0.2, 0.25) is 0 Å². The first-order chi connectivity index (χ1) is 17.6. The van der Waals surface area contributed by atoms with Gasteiger partial charge >= 0.3 is 29.7 Å². The Morgan fingerprint density at radius 3 is 1.38 bits per heavy atom. The van der Waals surface area contributed by atoms with Crippen LogP contribution in [0, 0.1) is 0 Å². The summed E-state index contributed by atoms with van der Waals surface area (Å²) in [5.74, 6) is -6.82. The zero-order chi connectivity index (χ0) is 28.1. The molecule has 10 heteroatoms. The SMILES string of the molecule is CCCCCCCCCCCCCCCC(OC(C)=O)C(OC(C)=O)(OC(C)=O)C(=O)OC(CO)CO. The van der Waals surface area contributed by atoms with E-state index in [1.54, 1.807) is 0 Å². The van der Waals surface area contributed by atoms with Gasteiger partial charge in [0.05, 0.1) is 13.2 Å². The average Bonchev–Trinajstić information content (AvgIpc) is 2.83. The Kier molecular flexibility index (Phi) is 19.6. The van der Waals surface area contributed by atoms with Gasteiger partial charge in [-0.3, -0.25) is 14.4 Å². The summed E-state index contributed by atoms with van der Waals surface area (Å²) in [5, 5.41) is 18.6. The summed E-state index contributed by atoms with van der Waals surface area (Å²) in [5.41, 5.74) is 0. The van der Waals surface area contributed by atoms with Crippen molar-refractivity contribution in [2.75, 3.05) is 13.2 Å². The lowest BCUT2D eigenvalue weighted by molar-refractivity contribution is -0.270. The third-order valence-electron chi connectivity index (χ3n) is 5.86. The van der Waals surface area contributed by atoms with E-state index < -0.39 is 55.1 Å². The largest absolute Gasteiger partial charge is 0.453 e. The summed E-state index contributed by atoms with van der Waals surface area (Å²) >= 11 is 0. The van der Waals surface area contributed by atoms with Crippen molar-refractivity contribution in [3.8, 4) is 0 Å². The fourth-order valence-corrected chi connectivity index (χ4v) is 4.03. The van der Waals surface area contributed by atoms with E-state index in [9.17, 15) is 29.4 Å². The van der Waals surface area contributed by atoms with Gasteiger partial charge in [0.25, 0.3) is 0 Å². The highest BCUT2D eigenvalue weighted by Gasteiger charge is 2.57. The second-order valence-corrected chi connectivity index (χ2v) is 9.38. The molecule has 0 amide bonds. The van der Waals surface area contributed by atoms with Crippen molar-refractivity contribution in [3.63, 3.8) is 0 Å². The van der Waals surface area contributed by atoms with Gasteiger partial charge in [0.15, 0.2) is 6.10 Å². The van der Waals surface area contributed by atoms with Crippen molar-refractivity contribution in [1.82, 2.24) is 0 Å². The first kappa shape index (κ1) is 34.8. The van der Waals surface area contributed by atoms with E-state index in [0.29, 0.717) is 6.42 Å². The second-order valence-electron chi connectivity index (χ2n) is 9.38. The molecule has 10 nitrogen and oxygen atoms in total.